The van der Waals surface area contributed by atoms with Crippen LogP contribution in [0.1, 0.15) is 56.2 Å². The van der Waals surface area contributed by atoms with E-state index in [9.17, 15) is 20.1 Å². The average molecular weight is 471 g/mol. The van der Waals surface area contributed by atoms with Crippen molar-refractivity contribution in [1.82, 2.24) is 4.57 Å². The van der Waals surface area contributed by atoms with E-state index in [0.29, 0.717) is 16.1 Å². The zero-order valence-electron chi connectivity index (χ0n) is 18.8. The largest absolute Gasteiger partial charge is 0.478 e. The molecule has 170 valence electrons. The van der Waals surface area contributed by atoms with Crippen LogP contribution < -0.4 is 5.32 Å². The molecule has 3 aromatic rings. The highest BCUT2D eigenvalue weighted by molar-refractivity contribution is 7.16. The maximum absolute atomic E-state index is 12.9. The molecule has 0 saturated carbocycles. The number of nitriles is 2. The first-order chi connectivity index (χ1) is 16.3. The van der Waals surface area contributed by atoms with E-state index in [1.807, 2.05) is 30.6 Å². The molecule has 0 aliphatic heterocycles. The summed E-state index contributed by atoms with van der Waals surface area (Å²) in [6.07, 6.45) is 5.39. The molecule has 8 heteroatoms. The lowest BCUT2D eigenvalue weighted by Gasteiger charge is -2.10. The fourth-order valence-corrected chi connectivity index (χ4v) is 5.57. The molecule has 1 aromatic carbocycles. The summed E-state index contributed by atoms with van der Waals surface area (Å²) in [5.74, 6) is -1.54. The molecule has 0 bridgehead atoms. The summed E-state index contributed by atoms with van der Waals surface area (Å²) < 4.78 is 1.94. The van der Waals surface area contributed by atoms with Crippen molar-refractivity contribution in [2.45, 2.75) is 39.5 Å². The van der Waals surface area contributed by atoms with Gasteiger partial charge in [-0.05, 0) is 87.1 Å². The van der Waals surface area contributed by atoms with E-state index in [-0.39, 0.29) is 11.1 Å². The molecule has 2 aromatic heterocycles. The zero-order valence-corrected chi connectivity index (χ0v) is 19.6. The molecule has 7 nitrogen and oxygen atoms in total. The van der Waals surface area contributed by atoms with Gasteiger partial charge in [-0.2, -0.15) is 10.5 Å². The van der Waals surface area contributed by atoms with E-state index in [1.54, 1.807) is 18.2 Å². The van der Waals surface area contributed by atoms with Gasteiger partial charge in [0.1, 0.15) is 22.7 Å². The first-order valence-electron chi connectivity index (χ1n) is 10.8. The Morgan fingerprint density at radius 1 is 1.15 bits per heavy atom. The van der Waals surface area contributed by atoms with Gasteiger partial charge in [0, 0.05) is 22.0 Å². The Balaban J connectivity index is 1.63. The number of fused-ring (bicyclic) bond motifs is 1. The van der Waals surface area contributed by atoms with Crippen molar-refractivity contribution in [2.24, 2.45) is 0 Å². The van der Waals surface area contributed by atoms with E-state index in [4.69, 9.17) is 5.11 Å². The van der Waals surface area contributed by atoms with Gasteiger partial charge in [-0.25, -0.2) is 4.79 Å². The Hall–Kier alpha value is -4.14. The molecule has 0 saturated heterocycles. The number of aromatic carboxylic acids is 1. The molecule has 0 atom stereocenters. The average Bonchev–Trinajstić information content (AvgIpc) is 3.32. The number of carboxylic acids is 1. The normalized spacial score (nSPS) is 13.0. The standard InChI is InChI=1S/C26H22N4O3S/c1-15-11-18(16(2)30(15)20-9-7-17(8-10-20)26(32)33)12-19(13-27)24(31)29-25-22(14-28)21-5-3-4-6-23(21)34-25/h7-12H,3-6H2,1-2H3,(H,29,31)(H,32,33)/b19-12+. The highest BCUT2D eigenvalue weighted by atomic mass is 32.1. The summed E-state index contributed by atoms with van der Waals surface area (Å²) in [4.78, 5) is 25.2. The monoisotopic (exact) mass is 470 g/mol. The second kappa shape index (κ2) is 9.38. The number of carboxylic acid groups (broad SMARTS) is 1. The SMILES string of the molecule is Cc1cc(/C=C(\C#N)C(=O)Nc2sc3c(c2C#N)CCCC3)c(C)n1-c1ccc(C(=O)O)cc1. The molecule has 0 fully saturated rings. The van der Waals surface area contributed by atoms with Crippen LogP contribution in [-0.4, -0.2) is 21.6 Å². The number of thiophene rings is 1. The van der Waals surface area contributed by atoms with Gasteiger partial charge < -0.3 is 15.0 Å². The third-order valence-corrected chi connectivity index (χ3v) is 7.23. The van der Waals surface area contributed by atoms with Gasteiger partial charge in [-0.1, -0.05) is 0 Å². The third-order valence-electron chi connectivity index (χ3n) is 6.02. The van der Waals surface area contributed by atoms with Crippen molar-refractivity contribution in [3.63, 3.8) is 0 Å². The smallest absolute Gasteiger partial charge is 0.335 e. The quantitative estimate of drug-likeness (QED) is 0.395. The predicted molar refractivity (Wildman–Crippen MR) is 130 cm³/mol. The summed E-state index contributed by atoms with van der Waals surface area (Å²) in [5, 5.41) is 31.7. The van der Waals surface area contributed by atoms with Gasteiger partial charge in [0.25, 0.3) is 5.91 Å². The molecule has 1 amide bonds. The van der Waals surface area contributed by atoms with Gasteiger partial charge in [0.05, 0.1) is 11.1 Å². The molecule has 4 rings (SSSR count). The molecule has 34 heavy (non-hydrogen) atoms. The number of rotatable bonds is 5. The van der Waals surface area contributed by atoms with Crippen LogP contribution >= 0.6 is 11.3 Å². The Morgan fingerprint density at radius 3 is 2.50 bits per heavy atom. The summed E-state index contributed by atoms with van der Waals surface area (Å²) >= 11 is 1.42. The van der Waals surface area contributed by atoms with Crippen LogP contribution in [0.4, 0.5) is 5.00 Å². The fraction of sp³-hybridized carbons (Fsp3) is 0.231. The van der Waals surface area contributed by atoms with Crippen LogP contribution in [0.3, 0.4) is 0 Å². The number of amides is 1. The number of hydrogen-bond acceptors (Lipinski definition) is 5. The summed E-state index contributed by atoms with van der Waals surface area (Å²) in [7, 11) is 0. The minimum absolute atomic E-state index is 0.0586. The van der Waals surface area contributed by atoms with Gasteiger partial charge in [0.2, 0.25) is 0 Å². The maximum atomic E-state index is 12.9. The van der Waals surface area contributed by atoms with Gasteiger partial charge in [-0.15, -0.1) is 11.3 Å². The van der Waals surface area contributed by atoms with Crippen LogP contribution in [0.2, 0.25) is 0 Å². The summed E-state index contributed by atoms with van der Waals surface area (Å²) in [6.45, 7) is 3.77. The number of nitrogens with zero attached hydrogens (tertiary/aromatic N) is 3. The second-order valence-electron chi connectivity index (χ2n) is 8.16. The Kier molecular flexibility index (Phi) is 6.36. The lowest BCUT2D eigenvalue weighted by Crippen LogP contribution is -2.13. The highest BCUT2D eigenvalue weighted by Gasteiger charge is 2.23. The van der Waals surface area contributed by atoms with E-state index in [1.165, 1.54) is 23.5 Å². The van der Waals surface area contributed by atoms with E-state index in [2.05, 4.69) is 11.4 Å². The minimum Gasteiger partial charge on any atom is -0.478 e. The number of aryl methyl sites for hydroxylation is 2. The van der Waals surface area contributed by atoms with Gasteiger partial charge in [-0.3, -0.25) is 4.79 Å². The number of hydrogen-bond donors (Lipinski definition) is 2. The zero-order chi connectivity index (χ0) is 24.4. The molecule has 0 unspecified atom stereocenters. The second-order valence-corrected chi connectivity index (χ2v) is 9.27. The van der Waals surface area contributed by atoms with Crippen LogP contribution in [0, 0.1) is 36.5 Å². The molecule has 1 aliphatic carbocycles. The van der Waals surface area contributed by atoms with E-state index in [0.717, 1.165) is 53.2 Å². The van der Waals surface area contributed by atoms with Crippen LogP contribution in [0.5, 0.6) is 0 Å². The number of aromatic nitrogens is 1. The van der Waals surface area contributed by atoms with Crippen molar-refractivity contribution < 1.29 is 14.7 Å². The van der Waals surface area contributed by atoms with Crippen molar-refractivity contribution in [3.8, 4) is 17.8 Å². The maximum Gasteiger partial charge on any atom is 0.335 e. The first-order valence-corrected chi connectivity index (χ1v) is 11.7. The van der Waals surface area contributed by atoms with Crippen molar-refractivity contribution >= 4 is 34.3 Å². The number of carbonyl (C=O) groups excluding carboxylic acids is 1. The van der Waals surface area contributed by atoms with Crippen molar-refractivity contribution in [3.05, 3.63) is 74.4 Å². The first kappa shape index (κ1) is 23.0. The third kappa shape index (κ3) is 4.24. The Morgan fingerprint density at radius 2 is 1.85 bits per heavy atom. The fourth-order valence-electron chi connectivity index (χ4n) is 4.33. The lowest BCUT2D eigenvalue weighted by atomic mass is 9.96. The predicted octanol–water partition coefficient (Wildman–Crippen LogP) is 5.15. The molecule has 1 aliphatic rings. The van der Waals surface area contributed by atoms with Crippen LogP contribution in [0.15, 0.2) is 35.9 Å². The summed E-state index contributed by atoms with van der Waals surface area (Å²) in [5.41, 5.74) is 4.84. The van der Waals surface area contributed by atoms with E-state index >= 15 is 0 Å². The molecule has 0 radical (unpaired) electrons. The summed E-state index contributed by atoms with van der Waals surface area (Å²) in [6, 6.07) is 12.6. The molecule has 0 spiro atoms. The Bertz CT molecular complexity index is 1410. The Labute approximate surface area is 201 Å². The molecular weight excluding hydrogens is 448 g/mol. The van der Waals surface area contributed by atoms with Crippen LogP contribution in [-0.2, 0) is 17.6 Å². The number of carbonyl (C=O) groups is 2. The van der Waals surface area contributed by atoms with Crippen molar-refractivity contribution in [1.29, 1.82) is 10.5 Å². The van der Waals surface area contributed by atoms with Crippen LogP contribution in [0.25, 0.3) is 11.8 Å². The minimum atomic E-state index is -0.994. The molecule has 2 N–H and O–H groups in total. The van der Waals surface area contributed by atoms with Gasteiger partial charge in [0.15, 0.2) is 0 Å². The number of benzene rings is 1. The topological polar surface area (TPSA) is 119 Å². The number of anilines is 1. The number of nitrogens with one attached hydrogen (secondary N) is 1. The molecular formula is C26H22N4O3S. The molecule has 2 heterocycles. The van der Waals surface area contributed by atoms with Gasteiger partial charge >= 0.3 is 5.97 Å². The lowest BCUT2D eigenvalue weighted by molar-refractivity contribution is -0.112. The van der Waals surface area contributed by atoms with Crippen molar-refractivity contribution in [2.75, 3.05) is 5.32 Å². The van der Waals surface area contributed by atoms with E-state index < -0.39 is 11.9 Å². The highest BCUT2D eigenvalue weighted by Crippen LogP contribution is 2.37.